The third-order valence-electron chi connectivity index (χ3n) is 6.60. The van der Waals surface area contributed by atoms with Gasteiger partial charge in [0, 0.05) is 50.1 Å². The number of amides is 2. The van der Waals surface area contributed by atoms with Crippen molar-refractivity contribution in [2.45, 2.75) is 39.7 Å². The van der Waals surface area contributed by atoms with Crippen LogP contribution in [-0.2, 0) is 16.0 Å². The number of nitrogens with zero attached hydrogens (tertiary/aromatic N) is 5. The quantitative estimate of drug-likeness (QED) is 0.589. The van der Waals surface area contributed by atoms with E-state index in [1.807, 2.05) is 54.5 Å². The Morgan fingerprint density at radius 1 is 1.03 bits per heavy atom. The van der Waals surface area contributed by atoms with Crippen molar-refractivity contribution in [2.24, 2.45) is 0 Å². The van der Waals surface area contributed by atoms with Gasteiger partial charge in [0.15, 0.2) is 17.1 Å². The van der Waals surface area contributed by atoms with Crippen molar-refractivity contribution < 1.29 is 19.1 Å². The maximum absolute atomic E-state index is 12.9. The molecule has 1 aromatic carbocycles. The van der Waals surface area contributed by atoms with Crippen molar-refractivity contribution in [1.29, 1.82) is 0 Å². The monoisotopic (exact) mass is 463 g/mol. The molecule has 2 aromatic heterocycles. The molecule has 2 amide bonds. The summed E-state index contributed by atoms with van der Waals surface area (Å²) in [7, 11) is 0. The highest BCUT2D eigenvalue weighted by Gasteiger charge is 2.33. The van der Waals surface area contributed by atoms with Gasteiger partial charge in [-0.15, -0.1) is 0 Å². The van der Waals surface area contributed by atoms with Gasteiger partial charge >= 0.3 is 0 Å². The van der Waals surface area contributed by atoms with Gasteiger partial charge < -0.3 is 19.3 Å². The molecular formula is C25H29N5O4. The second-order valence-corrected chi connectivity index (χ2v) is 8.89. The number of piperazine rings is 1. The molecule has 1 unspecified atom stereocenters. The highest BCUT2D eigenvalue weighted by Crippen LogP contribution is 2.31. The zero-order valence-corrected chi connectivity index (χ0v) is 19.8. The first kappa shape index (κ1) is 22.2. The Morgan fingerprint density at radius 2 is 1.74 bits per heavy atom. The van der Waals surface area contributed by atoms with Gasteiger partial charge in [-0.2, -0.15) is 5.10 Å². The maximum Gasteiger partial charge on any atom is 0.267 e. The summed E-state index contributed by atoms with van der Waals surface area (Å²) in [6, 6.07) is 9.31. The van der Waals surface area contributed by atoms with E-state index in [1.165, 1.54) is 0 Å². The lowest BCUT2D eigenvalue weighted by Crippen LogP contribution is -2.55. The fourth-order valence-corrected chi connectivity index (χ4v) is 4.71. The molecule has 0 saturated carbocycles. The fraction of sp³-hybridized carbons (Fsp3) is 0.440. The van der Waals surface area contributed by atoms with Crippen LogP contribution < -0.4 is 9.47 Å². The SMILES string of the molecule is Cc1cc2nc(C)c(CCC(=O)N3CCN(C(=O)C4COc5ccccc5O4)CC3)c(C)n2n1. The van der Waals surface area contributed by atoms with E-state index < -0.39 is 6.10 Å². The predicted molar refractivity (Wildman–Crippen MR) is 125 cm³/mol. The van der Waals surface area contributed by atoms with Crippen LogP contribution >= 0.6 is 0 Å². The van der Waals surface area contributed by atoms with E-state index in [0.29, 0.717) is 50.5 Å². The second-order valence-electron chi connectivity index (χ2n) is 8.89. The van der Waals surface area contributed by atoms with Crippen LogP contribution in [-0.4, -0.2) is 75.1 Å². The Bertz CT molecular complexity index is 1250. The van der Waals surface area contributed by atoms with Crippen LogP contribution in [0.3, 0.4) is 0 Å². The number of carbonyl (C=O) groups is 2. The van der Waals surface area contributed by atoms with E-state index in [-0.39, 0.29) is 18.4 Å². The summed E-state index contributed by atoms with van der Waals surface area (Å²) in [5.41, 5.74) is 4.77. The summed E-state index contributed by atoms with van der Waals surface area (Å²) in [5.74, 6) is 1.24. The Balaban J connectivity index is 1.15. The minimum atomic E-state index is -0.656. The second kappa shape index (κ2) is 8.96. The van der Waals surface area contributed by atoms with Crippen LogP contribution in [0.2, 0.25) is 0 Å². The number of aromatic nitrogens is 3. The molecule has 4 heterocycles. The molecule has 0 bridgehead atoms. The molecule has 178 valence electrons. The largest absolute Gasteiger partial charge is 0.485 e. The van der Waals surface area contributed by atoms with Gasteiger partial charge in [-0.25, -0.2) is 9.50 Å². The van der Waals surface area contributed by atoms with Crippen LogP contribution in [0.1, 0.15) is 29.1 Å². The fourth-order valence-electron chi connectivity index (χ4n) is 4.71. The molecule has 2 aliphatic rings. The van der Waals surface area contributed by atoms with Crippen LogP contribution in [0.25, 0.3) is 5.65 Å². The molecule has 9 nitrogen and oxygen atoms in total. The number of benzene rings is 1. The number of aryl methyl sites for hydroxylation is 3. The van der Waals surface area contributed by atoms with Gasteiger partial charge in [-0.1, -0.05) is 12.1 Å². The summed E-state index contributed by atoms with van der Waals surface area (Å²) in [6.07, 6.45) is 0.361. The molecule has 9 heteroatoms. The summed E-state index contributed by atoms with van der Waals surface area (Å²) in [4.78, 5) is 34.1. The molecule has 34 heavy (non-hydrogen) atoms. The first-order chi connectivity index (χ1) is 16.4. The first-order valence-electron chi connectivity index (χ1n) is 11.7. The van der Waals surface area contributed by atoms with E-state index in [1.54, 1.807) is 11.0 Å². The van der Waals surface area contributed by atoms with E-state index in [4.69, 9.17) is 9.47 Å². The summed E-state index contributed by atoms with van der Waals surface area (Å²) >= 11 is 0. The average Bonchev–Trinajstić information content (AvgIpc) is 3.23. The molecule has 0 N–H and O–H groups in total. The number of ether oxygens (including phenoxy) is 2. The van der Waals surface area contributed by atoms with Crippen LogP contribution in [0.5, 0.6) is 11.5 Å². The molecule has 2 aliphatic heterocycles. The first-order valence-corrected chi connectivity index (χ1v) is 11.7. The third kappa shape index (κ3) is 4.18. The van der Waals surface area contributed by atoms with Crippen molar-refractivity contribution in [1.82, 2.24) is 24.4 Å². The molecular weight excluding hydrogens is 434 g/mol. The highest BCUT2D eigenvalue weighted by atomic mass is 16.6. The molecule has 1 saturated heterocycles. The van der Waals surface area contributed by atoms with Gasteiger partial charge in [0.25, 0.3) is 5.91 Å². The van der Waals surface area contributed by atoms with E-state index in [2.05, 4.69) is 10.1 Å². The van der Waals surface area contributed by atoms with Crippen LogP contribution in [0.15, 0.2) is 30.3 Å². The van der Waals surface area contributed by atoms with Crippen molar-refractivity contribution in [2.75, 3.05) is 32.8 Å². The lowest BCUT2D eigenvalue weighted by Gasteiger charge is -2.37. The third-order valence-corrected chi connectivity index (χ3v) is 6.60. The van der Waals surface area contributed by atoms with Gasteiger partial charge in [-0.3, -0.25) is 9.59 Å². The predicted octanol–water partition coefficient (Wildman–Crippen LogP) is 2.10. The van der Waals surface area contributed by atoms with Crippen molar-refractivity contribution in [3.8, 4) is 11.5 Å². The lowest BCUT2D eigenvalue weighted by atomic mass is 10.1. The van der Waals surface area contributed by atoms with Gasteiger partial charge in [0.05, 0.1) is 5.69 Å². The maximum atomic E-state index is 12.9. The van der Waals surface area contributed by atoms with Gasteiger partial charge in [-0.05, 0) is 44.9 Å². The summed E-state index contributed by atoms with van der Waals surface area (Å²) in [6.45, 7) is 8.16. The molecule has 0 spiro atoms. The van der Waals surface area contributed by atoms with Gasteiger partial charge in [0.1, 0.15) is 6.61 Å². The van der Waals surface area contributed by atoms with E-state index >= 15 is 0 Å². The highest BCUT2D eigenvalue weighted by molar-refractivity contribution is 5.82. The normalized spacial score (nSPS) is 17.8. The van der Waals surface area contributed by atoms with Crippen molar-refractivity contribution in [3.63, 3.8) is 0 Å². The lowest BCUT2D eigenvalue weighted by molar-refractivity contribution is -0.146. The Morgan fingerprint density at radius 3 is 2.50 bits per heavy atom. The molecule has 0 radical (unpaired) electrons. The molecule has 3 aromatic rings. The smallest absolute Gasteiger partial charge is 0.267 e. The number of rotatable bonds is 4. The van der Waals surface area contributed by atoms with Crippen LogP contribution in [0.4, 0.5) is 0 Å². The number of para-hydroxylation sites is 2. The number of hydrogen-bond acceptors (Lipinski definition) is 6. The zero-order valence-electron chi connectivity index (χ0n) is 19.8. The Kier molecular flexibility index (Phi) is 5.85. The molecule has 1 atom stereocenters. The number of carbonyl (C=O) groups excluding carboxylic acids is 2. The molecule has 0 aliphatic carbocycles. The number of hydrogen-bond donors (Lipinski definition) is 0. The van der Waals surface area contributed by atoms with E-state index in [0.717, 1.165) is 28.3 Å². The average molecular weight is 464 g/mol. The van der Waals surface area contributed by atoms with Crippen LogP contribution in [0, 0.1) is 20.8 Å². The summed E-state index contributed by atoms with van der Waals surface area (Å²) < 4.78 is 13.4. The van der Waals surface area contributed by atoms with Crippen molar-refractivity contribution >= 4 is 17.5 Å². The van der Waals surface area contributed by atoms with Crippen molar-refractivity contribution in [3.05, 3.63) is 53.0 Å². The minimum absolute atomic E-state index is 0.0915. The Labute approximate surface area is 198 Å². The Hall–Kier alpha value is -3.62. The standard InChI is InChI=1S/C25H29N5O4/c1-16-14-23-26-17(2)19(18(3)30(23)27-16)8-9-24(31)28-10-12-29(13-11-28)25(32)22-15-33-20-6-4-5-7-21(20)34-22/h4-7,14,22H,8-13,15H2,1-3H3. The molecule has 5 rings (SSSR count). The molecule has 1 fully saturated rings. The van der Waals surface area contributed by atoms with E-state index in [9.17, 15) is 9.59 Å². The topological polar surface area (TPSA) is 89.3 Å². The number of fused-ring (bicyclic) bond motifs is 2. The summed E-state index contributed by atoms with van der Waals surface area (Å²) in [5, 5.41) is 4.51. The van der Waals surface area contributed by atoms with Gasteiger partial charge in [0.2, 0.25) is 12.0 Å². The minimum Gasteiger partial charge on any atom is -0.485 e. The zero-order chi connectivity index (χ0) is 23.8.